The molecule has 6 aromatic rings. The van der Waals surface area contributed by atoms with E-state index in [4.69, 9.17) is 9.97 Å². The van der Waals surface area contributed by atoms with Gasteiger partial charge in [0.15, 0.2) is 11.6 Å². The van der Waals surface area contributed by atoms with Crippen molar-refractivity contribution < 1.29 is 0 Å². The summed E-state index contributed by atoms with van der Waals surface area (Å²) in [4.78, 5) is 9.65. The van der Waals surface area contributed by atoms with Crippen LogP contribution in [-0.4, -0.2) is 44.0 Å². The number of aromatic nitrogens is 6. The number of rotatable bonds is 2. The molecule has 6 rings (SSSR count). The lowest BCUT2D eigenvalue weighted by Gasteiger charge is -2.07. The van der Waals surface area contributed by atoms with Gasteiger partial charge in [-0.05, 0) is 38.1 Å². The number of nitrogens with zero attached hydrogens (tertiary/aromatic N) is 8. The Hall–Kier alpha value is -4.95. The second-order valence-corrected chi connectivity index (χ2v) is 9.68. The van der Waals surface area contributed by atoms with Crippen molar-refractivity contribution in [1.29, 1.82) is 10.5 Å². The molecular formula is C28H24B2N8. The van der Waals surface area contributed by atoms with E-state index in [1.54, 1.807) is 0 Å². The molecule has 0 aliphatic carbocycles. The first-order chi connectivity index (χ1) is 18.3. The SMILES string of the molecule is Bn1c(C)c2/c(=C(\C#N)c3nc4ccccc4n3C)n(B)c(C)c2/c1=C(\C#N)c1nc2ccccc2n1C. The zero-order chi connectivity index (χ0) is 26.9. The summed E-state index contributed by atoms with van der Waals surface area (Å²) < 4.78 is 8.02. The number of para-hydroxylation sites is 4. The maximum Gasteiger partial charge on any atom is 0.223 e. The standard InChI is InChI=1S/C28H24B2N8/c1-15-23-24(26(37(15)29)18(14-32)28-34-20-10-6-8-12-22(20)36(28)4)16(2)38(30)25(23)17(13-31)27-33-19-9-5-7-11-21(19)35(27)3/h5-12H,29-30H2,1-4H3/b25-17-,26-18-. The maximum absolute atomic E-state index is 10.5. The van der Waals surface area contributed by atoms with E-state index in [9.17, 15) is 10.5 Å². The summed E-state index contributed by atoms with van der Waals surface area (Å²) in [5, 5.41) is 24.4. The molecule has 0 saturated carbocycles. The van der Waals surface area contributed by atoms with Gasteiger partial charge in [-0.15, -0.1) is 0 Å². The van der Waals surface area contributed by atoms with Crippen molar-refractivity contribution in [3.8, 4) is 12.1 Å². The Morgan fingerprint density at radius 1 is 0.684 bits per heavy atom. The van der Waals surface area contributed by atoms with Gasteiger partial charge in [-0.3, -0.25) is 0 Å². The third-order valence-electron chi connectivity index (χ3n) is 7.84. The van der Waals surface area contributed by atoms with Crippen LogP contribution in [0.5, 0.6) is 0 Å². The summed E-state index contributed by atoms with van der Waals surface area (Å²) >= 11 is 0. The van der Waals surface area contributed by atoms with Crippen molar-refractivity contribution in [2.75, 3.05) is 0 Å². The van der Waals surface area contributed by atoms with Gasteiger partial charge in [0, 0.05) is 36.3 Å². The van der Waals surface area contributed by atoms with Crippen molar-refractivity contribution in [2.24, 2.45) is 14.1 Å². The highest BCUT2D eigenvalue weighted by molar-refractivity contribution is 6.14. The predicted molar refractivity (Wildman–Crippen MR) is 154 cm³/mol. The fraction of sp³-hybridized carbons (Fsp3) is 0.143. The fourth-order valence-electron chi connectivity index (χ4n) is 5.69. The van der Waals surface area contributed by atoms with Gasteiger partial charge < -0.3 is 18.1 Å². The van der Waals surface area contributed by atoms with E-state index in [-0.39, 0.29) is 0 Å². The van der Waals surface area contributed by atoms with Crippen LogP contribution in [0.15, 0.2) is 48.5 Å². The number of fused-ring (bicyclic) bond motifs is 3. The highest BCUT2D eigenvalue weighted by atomic mass is 15.1. The van der Waals surface area contributed by atoms with Crippen LogP contribution in [0.4, 0.5) is 0 Å². The molecule has 0 amide bonds. The molecule has 4 aromatic heterocycles. The molecular weight excluding hydrogens is 470 g/mol. The average molecular weight is 494 g/mol. The van der Waals surface area contributed by atoms with Gasteiger partial charge in [0.05, 0.1) is 32.8 Å². The number of aryl methyl sites for hydroxylation is 4. The van der Waals surface area contributed by atoms with Crippen LogP contribution < -0.4 is 10.7 Å². The van der Waals surface area contributed by atoms with Gasteiger partial charge in [-0.25, -0.2) is 9.97 Å². The van der Waals surface area contributed by atoms with E-state index >= 15 is 0 Å². The molecule has 0 unspecified atom stereocenters. The quantitative estimate of drug-likeness (QED) is 0.337. The Balaban J connectivity index is 1.81. The van der Waals surface area contributed by atoms with E-state index < -0.39 is 0 Å². The number of hydrogen-bond donors (Lipinski definition) is 0. The summed E-state index contributed by atoms with van der Waals surface area (Å²) in [7, 11) is 7.81. The largest absolute Gasteiger partial charge is 0.395 e. The minimum atomic E-state index is 0.491. The molecule has 0 aliphatic heterocycles. The van der Waals surface area contributed by atoms with Gasteiger partial charge in [-0.1, -0.05) is 24.3 Å². The normalized spacial score (nSPS) is 13.2. The lowest BCUT2D eigenvalue weighted by Crippen LogP contribution is -2.24. The molecule has 0 saturated heterocycles. The molecule has 0 aliphatic rings. The predicted octanol–water partition coefficient (Wildman–Crippen LogP) is 1.07. The lowest BCUT2D eigenvalue weighted by molar-refractivity contribution is 0.919. The second kappa shape index (κ2) is 8.29. The van der Waals surface area contributed by atoms with E-state index in [1.165, 1.54) is 0 Å². The van der Waals surface area contributed by atoms with Crippen LogP contribution in [0, 0.1) is 36.5 Å². The number of hydrogen-bond acceptors (Lipinski definition) is 4. The van der Waals surface area contributed by atoms with Crippen LogP contribution in [0.1, 0.15) is 23.0 Å². The summed E-state index contributed by atoms with van der Waals surface area (Å²) in [6.07, 6.45) is 0. The summed E-state index contributed by atoms with van der Waals surface area (Å²) in [6, 6.07) is 20.7. The molecule has 0 bridgehead atoms. The van der Waals surface area contributed by atoms with Gasteiger partial charge in [-0.2, -0.15) is 10.5 Å². The first-order valence-corrected chi connectivity index (χ1v) is 12.3. The zero-order valence-corrected chi connectivity index (χ0v) is 22.2. The van der Waals surface area contributed by atoms with E-state index in [0.717, 1.165) is 54.9 Å². The molecule has 0 N–H and O–H groups in total. The van der Waals surface area contributed by atoms with E-state index in [1.807, 2.05) is 111 Å². The number of nitriles is 2. The van der Waals surface area contributed by atoms with E-state index in [0.29, 0.717) is 22.8 Å². The minimum absolute atomic E-state index is 0.491. The molecule has 0 fully saturated rings. The molecule has 182 valence electrons. The van der Waals surface area contributed by atoms with Crippen molar-refractivity contribution in [3.05, 3.63) is 82.3 Å². The molecule has 2 aromatic carbocycles. The Bertz CT molecular complexity index is 2020. The first-order valence-electron chi connectivity index (χ1n) is 12.3. The maximum atomic E-state index is 10.5. The van der Waals surface area contributed by atoms with Gasteiger partial charge in [0.25, 0.3) is 0 Å². The van der Waals surface area contributed by atoms with Crippen LogP contribution in [0.3, 0.4) is 0 Å². The van der Waals surface area contributed by atoms with Crippen LogP contribution in [0.25, 0.3) is 44.0 Å². The minimum Gasteiger partial charge on any atom is -0.395 e. The lowest BCUT2D eigenvalue weighted by atomic mass is 10.1. The Labute approximate surface area is 220 Å². The topological polar surface area (TPSA) is 93.1 Å². The van der Waals surface area contributed by atoms with Crippen LogP contribution >= 0.6 is 0 Å². The van der Waals surface area contributed by atoms with Crippen LogP contribution in [-0.2, 0) is 14.1 Å². The number of imidazole rings is 2. The van der Waals surface area contributed by atoms with Crippen molar-refractivity contribution >= 4 is 59.9 Å². The fourth-order valence-corrected chi connectivity index (χ4v) is 5.69. The molecule has 38 heavy (non-hydrogen) atoms. The zero-order valence-electron chi connectivity index (χ0n) is 22.2. The van der Waals surface area contributed by atoms with Crippen molar-refractivity contribution in [3.63, 3.8) is 0 Å². The van der Waals surface area contributed by atoms with Crippen LogP contribution in [0.2, 0.25) is 0 Å². The first kappa shape index (κ1) is 23.4. The average Bonchev–Trinajstić information content (AvgIpc) is 3.59. The summed E-state index contributed by atoms with van der Waals surface area (Å²) in [5.74, 6) is 1.22. The third kappa shape index (κ3) is 2.98. The van der Waals surface area contributed by atoms with Crippen molar-refractivity contribution in [1.82, 2.24) is 28.1 Å². The monoisotopic (exact) mass is 494 g/mol. The Morgan fingerprint density at radius 2 is 1.05 bits per heavy atom. The second-order valence-electron chi connectivity index (χ2n) is 9.68. The van der Waals surface area contributed by atoms with Gasteiger partial charge in [0.1, 0.15) is 23.3 Å². The number of benzene rings is 2. The molecule has 4 heterocycles. The van der Waals surface area contributed by atoms with Gasteiger partial charge in [0.2, 0.25) is 16.0 Å². The molecule has 0 atom stereocenters. The molecule has 0 radical (unpaired) electrons. The highest BCUT2D eigenvalue weighted by Gasteiger charge is 2.24. The molecule has 10 heteroatoms. The smallest absolute Gasteiger partial charge is 0.223 e. The Morgan fingerprint density at radius 3 is 1.39 bits per heavy atom. The molecule has 0 spiro atoms. The molecule has 8 nitrogen and oxygen atoms in total. The highest BCUT2D eigenvalue weighted by Crippen LogP contribution is 2.24. The van der Waals surface area contributed by atoms with Crippen molar-refractivity contribution in [2.45, 2.75) is 13.8 Å². The third-order valence-corrected chi connectivity index (χ3v) is 7.84. The summed E-state index contributed by atoms with van der Waals surface area (Å²) in [6.45, 7) is 4.06. The summed E-state index contributed by atoms with van der Waals surface area (Å²) in [5.41, 5.74) is 6.52. The van der Waals surface area contributed by atoms with E-state index in [2.05, 4.69) is 12.1 Å². The Kier molecular flexibility index (Phi) is 5.12. The van der Waals surface area contributed by atoms with Gasteiger partial charge >= 0.3 is 0 Å².